The fourth-order valence-corrected chi connectivity index (χ4v) is 1.17. The molecule has 0 aliphatic rings. The van der Waals surface area contributed by atoms with Crippen molar-refractivity contribution in [3.63, 3.8) is 0 Å². The minimum absolute atomic E-state index is 0. The van der Waals surface area contributed by atoms with Crippen molar-refractivity contribution in [2.75, 3.05) is 0 Å². The van der Waals surface area contributed by atoms with E-state index in [-0.39, 0.29) is 18.0 Å². The van der Waals surface area contributed by atoms with Gasteiger partial charge in [0.2, 0.25) is 0 Å². The van der Waals surface area contributed by atoms with Crippen LogP contribution in [0.15, 0.2) is 22.9 Å². The lowest BCUT2D eigenvalue weighted by atomic mass is 10.1. The number of hydrogen-bond acceptors (Lipinski definition) is 2. The zero-order valence-corrected chi connectivity index (χ0v) is 9.16. The summed E-state index contributed by atoms with van der Waals surface area (Å²) in [7, 11) is 0. The number of aromatic nitrogens is 1. The van der Waals surface area contributed by atoms with Crippen molar-refractivity contribution in [1.82, 2.24) is 4.98 Å². The maximum atomic E-state index is 12.1. The predicted octanol–water partition coefficient (Wildman–Crippen LogP) is 2.83. The van der Waals surface area contributed by atoms with Crippen LogP contribution in [0.4, 0.5) is 13.2 Å². The SMILES string of the molecule is Cl.N[C@@H](c1cncc(Br)c1)C(F)(F)F. The lowest BCUT2D eigenvalue weighted by Gasteiger charge is -2.15. The Morgan fingerprint density at radius 2 is 1.93 bits per heavy atom. The molecule has 0 unspecified atom stereocenters. The summed E-state index contributed by atoms with van der Waals surface area (Å²) in [4.78, 5) is 3.59. The first-order valence-corrected chi connectivity index (χ1v) is 4.13. The third kappa shape index (κ3) is 3.43. The number of nitrogens with two attached hydrogens (primary N) is 1. The number of nitrogens with zero attached hydrogens (tertiary/aromatic N) is 1. The number of hydrogen-bond donors (Lipinski definition) is 1. The molecule has 0 saturated heterocycles. The maximum Gasteiger partial charge on any atom is 0.407 e. The van der Waals surface area contributed by atoms with Crippen molar-refractivity contribution in [3.8, 4) is 0 Å². The van der Waals surface area contributed by atoms with E-state index < -0.39 is 12.2 Å². The molecule has 80 valence electrons. The van der Waals surface area contributed by atoms with Gasteiger partial charge in [0, 0.05) is 16.9 Å². The molecule has 1 rings (SSSR count). The first-order chi connectivity index (χ1) is 5.91. The third-order valence-corrected chi connectivity index (χ3v) is 1.87. The second kappa shape index (κ2) is 4.95. The summed E-state index contributed by atoms with van der Waals surface area (Å²) in [5.41, 5.74) is 4.90. The van der Waals surface area contributed by atoms with Crippen molar-refractivity contribution in [2.24, 2.45) is 5.73 Å². The zero-order chi connectivity index (χ0) is 10.1. The first-order valence-electron chi connectivity index (χ1n) is 3.34. The van der Waals surface area contributed by atoms with Gasteiger partial charge in [-0.1, -0.05) is 0 Å². The van der Waals surface area contributed by atoms with E-state index >= 15 is 0 Å². The van der Waals surface area contributed by atoms with Crippen LogP contribution in [0.2, 0.25) is 0 Å². The van der Waals surface area contributed by atoms with Gasteiger partial charge in [-0.25, -0.2) is 0 Å². The zero-order valence-electron chi connectivity index (χ0n) is 6.75. The molecule has 0 fully saturated rings. The van der Waals surface area contributed by atoms with E-state index in [0.29, 0.717) is 4.47 Å². The Hall–Kier alpha value is -0.330. The van der Waals surface area contributed by atoms with Gasteiger partial charge in [0.05, 0.1) is 0 Å². The van der Waals surface area contributed by atoms with Crippen LogP contribution in [0.25, 0.3) is 0 Å². The molecule has 1 aromatic heterocycles. The van der Waals surface area contributed by atoms with E-state index in [2.05, 4.69) is 20.9 Å². The van der Waals surface area contributed by atoms with E-state index in [1.807, 2.05) is 0 Å². The molecule has 1 atom stereocenters. The van der Waals surface area contributed by atoms with Crippen LogP contribution in [0, 0.1) is 0 Å². The van der Waals surface area contributed by atoms with Crippen LogP contribution in [-0.2, 0) is 0 Å². The van der Waals surface area contributed by atoms with Gasteiger partial charge in [0.1, 0.15) is 6.04 Å². The Labute approximate surface area is 93.2 Å². The molecule has 0 saturated carbocycles. The highest BCUT2D eigenvalue weighted by Crippen LogP contribution is 2.30. The number of alkyl halides is 3. The summed E-state index contributed by atoms with van der Waals surface area (Å²) in [6, 6.07) is -0.678. The molecule has 0 aliphatic heterocycles. The minimum Gasteiger partial charge on any atom is -0.316 e. The molecule has 0 radical (unpaired) electrons. The highest BCUT2D eigenvalue weighted by Gasteiger charge is 2.37. The molecule has 0 spiro atoms. The maximum absolute atomic E-state index is 12.1. The lowest BCUT2D eigenvalue weighted by Crippen LogP contribution is -2.28. The van der Waals surface area contributed by atoms with Crippen molar-refractivity contribution < 1.29 is 13.2 Å². The van der Waals surface area contributed by atoms with Crippen LogP contribution >= 0.6 is 28.3 Å². The van der Waals surface area contributed by atoms with Gasteiger partial charge in [-0.3, -0.25) is 4.98 Å². The van der Waals surface area contributed by atoms with E-state index in [4.69, 9.17) is 5.73 Å². The third-order valence-electron chi connectivity index (χ3n) is 1.44. The van der Waals surface area contributed by atoms with Gasteiger partial charge in [-0.15, -0.1) is 12.4 Å². The summed E-state index contributed by atoms with van der Waals surface area (Å²) >= 11 is 3.01. The monoisotopic (exact) mass is 290 g/mol. The van der Waals surface area contributed by atoms with Gasteiger partial charge >= 0.3 is 6.18 Å². The Bertz CT molecular complexity index is 305. The van der Waals surface area contributed by atoms with Crippen LogP contribution in [-0.4, -0.2) is 11.2 Å². The fourth-order valence-electron chi connectivity index (χ4n) is 0.787. The average Bonchev–Trinajstić information content (AvgIpc) is 2.01. The van der Waals surface area contributed by atoms with E-state index in [0.717, 1.165) is 6.20 Å². The fraction of sp³-hybridized carbons (Fsp3) is 0.286. The minimum atomic E-state index is -4.43. The van der Waals surface area contributed by atoms with Crippen LogP contribution in [0.5, 0.6) is 0 Å². The Morgan fingerprint density at radius 3 is 2.36 bits per heavy atom. The number of rotatable bonds is 1. The largest absolute Gasteiger partial charge is 0.407 e. The van der Waals surface area contributed by atoms with Crippen LogP contribution in [0.3, 0.4) is 0 Å². The second-order valence-corrected chi connectivity index (χ2v) is 3.37. The molecule has 0 bridgehead atoms. The molecule has 7 heteroatoms. The number of halogens is 5. The summed E-state index contributed by atoms with van der Waals surface area (Å²) in [6.45, 7) is 0. The van der Waals surface area contributed by atoms with Gasteiger partial charge in [0.25, 0.3) is 0 Å². The quantitative estimate of drug-likeness (QED) is 0.864. The van der Waals surface area contributed by atoms with Gasteiger partial charge in [-0.05, 0) is 27.6 Å². The molecule has 2 N–H and O–H groups in total. The van der Waals surface area contributed by atoms with E-state index in [1.54, 1.807) is 0 Å². The summed E-state index contributed by atoms with van der Waals surface area (Å²) in [6.07, 6.45) is -1.93. The molecule has 1 aromatic rings. The Balaban J connectivity index is 0.00000169. The standard InChI is InChI=1S/C7H6BrF3N2.ClH/c8-5-1-4(2-13-3-5)6(12)7(9,10)11;/h1-3,6H,12H2;1H/t6-;/m0./s1. The van der Waals surface area contributed by atoms with Crippen molar-refractivity contribution >= 4 is 28.3 Å². The Kier molecular flexibility index (Phi) is 4.83. The molecular weight excluding hydrogens is 284 g/mol. The normalized spacial score (nSPS) is 13.2. The summed E-state index contributed by atoms with van der Waals surface area (Å²) in [5.74, 6) is 0. The molecule has 0 aliphatic carbocycles. The second-order valence-electron chi connectivity index (χ2n) is 2.46. The van der Waals surface area contributed by atoms with Crippen molar-refractivity contribution in [3.05, 3.63) is 28.5 Å². The average molecular weight is 291 g/mol. The van der Waals surface area contributed by atoms with Gasteiger partial charge < -0.3 is 5.73 Å². The molecule has 0 amide bonds. The lowest BCUT2D eigenvalue weighted by molar-refractivity contribution is -0.149. The van der Waals surface area contributed by atoms with E-state index in [9.17, 15) is 13.2 Å². The van der Waals surface area contributed by atoms with Gasteiger partial charge in [0.15, 0.2) is 0 Å². The molecule has 14 heavy (non-hydrogen) atoms. The Morgan fingerprint density at radius 1 is 1.36 bits per heavy atom. The summed E-state index contributed by atoms with van der Waals surface area (Å²) in [5, 5.41) is 0. The first kappa shape index (κ1) is 13.7. The van der Waals surface area contributed by atoms with Crippen LogP contribution in [0.1, 0.15) is 11.6 Å². The summed E-state index contributed by atoms with van der Waals surface area (Å²) < 4.78 is 36.8. The van der Waals surface area contributed by atoms with Crippen molar-refractivity contribution in [1.29, 1.82) is 0 Å². The highest BCUT2D eigenvalue weighted by atomic mass is 79.9. The number of pyridine rings is 1. The molecular formula is C7H7BrClF3N2. The topological polar surface area (TPSA) is 38.9 Å². The molecule has 0 aromatic carbocycles. The van der Waals surface area contributed by atoms with E-state index in [1.165, 1.54) is 12.3 Å². The predicted molar refractivity (Wildman–Crippen MR) is 52.2 cm³/mol. The highest BCUT2D eigenvalue weighted by molar-refractivity contribution is 9.10. The van der Waals surface area contributed by atoms with Gasteiger partial charge in [-0.2, -0.15) is 13.2 Å². The smallest absolute Gasteiger partial charge is 0.316 e. The van der Waals surface area contributed by atoms with Crippen molar-refractivity contribution in [2.45, 2.75) is 12.2 Å². The molecule has 1 heterocycles. The van der Waals surface area contributed by atoms with Crippen LogP contribution < -0.4 is 5.73 Å². The molecule has 2 nitrogen and oxygen atoms in total.